The SMILES string of the molecule is NS(=O)(=O)c1cccc(NC(=O)CCC2CCC[N]C2)c1. The number of carbonyl (C=O) groups is 1. The van der Waals surface area contributed by atoms with Gasteiger partial charge in [-0.1, -0.05) is 6.07 Å². The van der Waals surface area contributed by atoms with E-state index in [0.29, 0.717) is 18.0 Å². The summed E-state index contributed by atoms with van der Waals surface area (Å²) >= 11 is 0. The molecule has 1 fully saturated rings. The van der Waals surface area contributed by atoms with Gasteiger partial charge in [0.25, 0.3) is 0 Å². The summed E-state index contributed by atoms with van der Waals surface area (Å²) in [4.78, 5) is 11.9. The number of hydrogen-bond donors (Lipinski definition) is 2. The molecule has 1 atom stereocenters. The van der Waals surface area contributed by atoms with Crippen molar-refractivity contribution in [2.24, 2.45) is 11.1 Å². The largest absolute Gasteiger partial charge is 0.326 e. The maximum atomic E-state index is 11.9. The number of nitrogens with zero attached hydrogens (tertiary/aromatic N) is 1. The Balaban J connectivity index is 1.87. The summed E-state index contributed by atoms with van der Waals surface area (Å²) in [6.45, 7) is 1.78. The van der Waals surface area contributed by atoms with Crippen LogP contribution in [0.15, 0.2) is 29.2 Å². The minimum absolute atomic E-state index is 0.00798. The van der Waals surface area contributed by atoms with Gasteiger partial charge in [-0.25, -0.2) is 18.9 Å². The van der Waals surface area contributed by atoms with Crippen molar-refractivity contribution < 1.29 is 13.2 Å². The number of hydrogen-bond acceptors (Lipinski definition) is 3. The Bertz CT molecular complexity index is 595. The summed E-state index contributed by atoms with van der Waals surface area (Å²) in [5, 5.41) is 12.1. The normalized spacial score (nSPS) is 19.2. The highest BCUT2D eigenvalue weighted by Gasteiger charge is 2.15. The van der Waals surface area contributed by atoms with Crippen molar-refractivity contribution in [1.82, 2.24) is 5.32 Å². The Kier molecular flexibility index (Phi) is 5.33. The molecule has 1 aliphatic heterocycles. The Hall–Kier alpha value is -1.44. The number of carbonyl (C=O) groups excluding carboxylic acids is 1. The number of rotatable bonds is 5. The molecule has 0 bridgehead atoms. The zero-order chi connectivity index (χ0) is 15.3. The van der Waals surface area contributed by atoms with Gasteiger partial charge in [0.2, 0.25) is 15.9 Å². The summed E-state index contributed by atoms with van der Waals surface area (Å²) in [6, 6.07) is 5.95. The number of nitrogens with two attached hydrogens (primary N) is 1. The van der Waals surface area contributed by atoms with Crippen molar-refractivity contribution in [2.45, 2.75) is 30.6 Å². The number of primary sulfonamides is 1. The summed E-state index contributed by atoms with van der Waals surface area (Å²) < 4.78 is 22.5. The number of sulfonamides is 1. The molecule has 1 aliphatic rings. The van der Waals surface area contributed by atoms with Crippen LogP contribution in [-0.2, 0) is 14.8 Å². The van der Waals surface area contributed by atoms with E-state index in [1.165, 1.54) is 12.1 Å². The zero-order valence-electron chi connectivity index (χ0n) is 11.8. The third-order valence-electron chi connectivity index (χ3n) is 3.54. The molecule has 0 saturated carbocycles. The van der Waals surface area contributed by atoms with E-state index in [1.54, 1.807) is 12.1 Å². The highest BCUT2D eigenvalue weighted by atomic mass is 32.2. The highest BCUT2D eigenvalue weighted by Crippen LogP contribution is 2.18. The van der Waals surface area contributed by atoms with Crippen LogP contribution < -0.4 is 15.8 Å². The van der Waals surface area contributed by atoms with Gasteiger partial charge in [-0.15, -0.1) is 0 Å². The maximum absolute atomic E-state index is 11.9. The lowest BCUT2D eigenvalue weighted by atomic mass is 9.94. The van der Waals surface area contributed by atoms with Crippen LogP contribution in [0.2, 0.25) is 0 Å². The molecule has 1 aromatic carbocycles. The molecule has 1 aromatic rings. The number of amides is 1. The molecular formula is C14H20N3O3S. The van der Waals surface area contributed by atoms with Crippen LogP contribution in [-0.4, -0.2) is 27.4 Å². The van der Waals surface area contributed by atoms with Crippen LogP contribution in [0.3, 0.4) is 0 Å². The zero-order valence-corrected chi connectivity index (χ0v) is 12.6. The van der Waals surface area contributed by atoms with Crippen molar-refractivity contribution in [1.29, 1.82) is 0 Å². The van der Waals surface area contributed by atoms with Crippen LogP contribution in [0.1, 0.15) is 25.7 Å². The summed E-state index contributed by atoms with van der Waals surface area (Å²) in [5.41, 5.74) is 0.444. The summed E-state index contributed by atoms with van der Waals surface area (Å²) in [6.07, 6.45) is 3.45. The Morgan fingerprint density at radius 3 is 2.90 bits per heavy atom. The van der Waals surface area contributed by atoms with Crippen LogP contribution >= 0.6 is 0 Å². The Morgan fingerprint density at radius 2 is 2.24 bits per heavy atom. The van der Waals surface area contributed by atoms with Gasteiger partial charge in [0, 0.05) is 25.2 Å². The smallest absolute Gasteiger partial charge is 0.238 e. The monoisotopic (exact) mass is 310 g/mol. The number of anilines is 1. The Morgan fingerprint density at radius 1 is 1.43 bits per heavy atom. The van der Waals surface area contributed by atoms with E-state index in [0.717, 1.165) is 32.4 Å². The molecule has 21 heavy (non-hydrogen) atoms. The average Bonchev–Trinajstić information content (AvgIpc) is 2.46. The minimum atomic E-state index is -3.75. The molecule has 3 N–H and O–H groups in total. The topological polar surface area (TPSA) is 103 Å². The molecule has 1 unspecified atom stereocenters. The van der Waals surface area contributed by atoms with Crippen molar-refractivity contribution in [2.75, 3.05) is 18.4 Å². The molecule has 1 saturated heterocycles. The Labute approximate surface area is 125 Å². The van der Waals surface area contributed by atoms with E-state index in [4.69, 9.17) is 5.14 Å². The van der Waals surface area contributed by atoms with Gasteiger partial charge in [-0.3, -0.25) is 4.79 Å². The van der Waals surface area contributed by atoms with Crippen LogP contribution in [0.25, 0.3) is 0 Å². The standard InChI is InChI=1S/C14H20N3O3S/c15-21(19,20)13-5-1-4-12(9-13)17-14(18)7-6-11-3-2-8-16-10-11/h1,4-5,9,11H,2-3,6-8,10H2,(H,17,18)(H2,15,19,20). The molecule has 2 rings (SSSR count). The molecule has 0 aliphatic carbocycles. The second-order valence-corrected chi connectivity index (χ2v) is 6.86. The van der Waals surface area contributed by atoms with E-state index in [9.17, 15) is 13.2 Å². The average molecular weight is 310 g/mol. The highest BCUT2D eigenvalue weighted by molar-refractivity contribution is 7.89. The van der Waals surface area contributed by atoms with E-state index < -0.39 is 10.0 Å². The predicted molar refractivity (Wildman–Crippen MR) is 80.3 cm³/mol. The number of benzene rings is 1. The van der Waals surface area contributed by atoms with Crippen molar-refractivity contribution in [3.63, 3.8) is 0 Å². The molecule has 1 radical (unpaired) electrons. The number of piperidine rings is 1. The second kappa shape index (κ2) is 7.02. The van der Waals surface area contributed by atoms with Gasteiger partial charge in [0.1, 0.15) is 0 Å². The molecule has 6 nitrogen and oxygen atoms in total. The van der Waals surface area contributed by atoms with Gasteiger partial charge in [0.15, 0.2) is 0 Å². The molecule has 115 valence electrons. The third-order valence-corrected chi connectivity index (χ3v) is 4.45. The van der Waals surface area contributed by atoms with Crippen LogP contribution in [0.5, 0.6) is 0 Å². The van der Waals surface area contributed by atoms with Gasteiger partial charge in [-0.2, -0.15) is 0 Å². The van der Waals surface area contributed by atoms with Gasteiger partial charge < -0.3 is 5.32 Å². The van der Waals surface area contributed by atoms with Crippen LogP contribution in [0, 0.1) is 5.92 Å². The van der Waals surface area contributed by atoms with Gasteiger partial charge in [0.05, 0.1) is 4.90 Å². The van der Waals surface area contributed by atoms with Crippen LogP contribution in [0.4, 0.5) is 5.69 Å². The molecule has 0 aromatic heterocycles. The number of nitrogens with one attached hydrogen (secondary N) is 1. The summed E-state index contributed by atoms with van der Waals surface area (Å²) in [7, 11) is -3.75. The fourth-order valence-corrected chi connectivity index (χ4v) is 2.96. The lowest BCUT2D eigenvalue weighted by Gasteiger charge is -2.20. The summed E-state index contributed by atoms with van der Waals surface area (Å²) in [5.74, 6) is 0.368. The van der Waals surface area contributed by atoms with Crippen molar-refractivity contribution in [3.05, 3.63) is 24.3 Å². The van der Waals surface area contributed by atoms with E-state index >= 15 is 0 Å². The molecule has 0 spiro atoms. The fraction of sp³-hybridized carbons (Fsp3) is 0.500. The van der Waals surface area contributed by atoms with E-state index in [1.807, 2.05) is 0 Å². The maximum Gasteiger partial charge on any atom is 0.238 e. The molecule has 1 heterocycles. The van der Waals surface area contributed by atoms with Gasteiger partial charge in [-0.05, 0) is 43.4 Å². The van der Waals surface area contributed by atoms with Gasteiger partial charge >= 0.3 is 0 Å². The second-order valence-electron chi connectivity index (χ2n) is 5.30. The van der Waals surface area contributed by atoms with Crippen molar-refractivity contribution in [3.8, 4) is 0 Å². The first kappa shape index (κ1) is 15.9. The first-order chi connectivity index (χ1) is 9.95. The molecular weight excluding hydrogens is 290 g/mol. The van der Waals surface area contributed by atoms with E-state index in [2.05, 4.69) is 10.6 Å². The minimum Gasteiger partial charge on any atom is -0.326 e. The fourth-order valence-electron chi connectivity index (χ4n) is 2.40. The third kappa shape index (κ3) is 5.11. The van der Waals surface area contributed by atoms with E-state index in [-0.39, 0.29) is 10.8 Å². The lowest BCUT2D eigenvalue weighted by molar-refractivity contribution is -0.116. The predicted octanol–water partition coefficient (Wildman–Crippen LogP) is 1.07. The first-order valence-corrected chi connectivity index (χ1v) is 8.56. The lowest BCUT2D eigenvalue weighted by Crippen LogP contribution is -2.25. The first-order valence-electron chi connectivity index (χ1n) is 7.01. The molecule has 7 heteroatoms. The molecule has 1 amide bonds. The quantitative estimate of drug-likeness (QED) is 0.850. The van der Waals surface area contributed by atoms with Crippen molar-refractivity contribution >= 4 is 21.6 Å².